The predicted octanol–water partition coefficient (Wildman–Crippen LogP) is 1.81. The molecular formula is C17H25N3O2. The Morgan fingerprint density at radius 3 is 2.45 bits per heavy atom. The highest BCUT2D eigenvalue weighted by molar-refractivity contribution is 5.96. The molecule has 120 valence electrons. The molecule has 0 aliphatic carbocycles. The first-order valence-corrected chi connectivity index (χ1v) is 7.86. The van der Waals surface area contributed by atoms with Crippen LogP contribution in [0.15, 0.2) is 12.1 Å². The summed E-state index contributed by atoms with van der Waals surface area (Å²) in [6.45, 7) is 6.85. The van der Waals surface area contributed by atoms with Gasteiger partial charge < -0.3 is 16.0 Å². The van der Waals surface area contributed by atoms with Crippen molar-refractivity contribution in [1.29, 1.82) is 0 Å². The van der Waals surface area contributed by atoms with Gasteiger partial charge in [-0.1, -0.05) is 24.1 Å². The summed E-state index contributed by atoms with van der Waals surface area (Å²) in [7, 11) is 0. The maximum atomic E-state index is 12.0. The minimum Gasteiger partial charge on any atom is -0.346 e. The maximum absolute atomic E-state index is 12.0. The zero-order chi connectivity index (χ0) is 16.1. The Hall–Kier alpha value is -1.88. The van der Waals surface area contributed by atoms with Crippen molar-refractivity contribution < 1.29 is 9.59 Å². The van der Waals surface area contributed by atoms with Crippen LogP contribution in [0.25, 0.3) is 0 Å². The number of carbonyl (C=O) groups is 2. The number of hydrogen-bond acceptors (Lipinski definition) is 3. The zero-order valence-corrected chi connectivity index (χ0v) is 13.6. The monoisotopic (exact) mass is 303 g/mol. The Morgan fingerprint density at radius 1 is 1.18 bits per heavy atom. The molecule has 0 saturated carbocycles. The van der Waals surface area contributed by atoms with Crippen molar-refractivity contribution in [2.24, 2.45) is 0 Å². The van der Waals surface area contributed by atoms with Gasteiger partial charge in [0.15, 0.2) is 0 Å². The number of anilines is 1. The average molecular weight is 303 g/mol. The Balaban J connectivity index is 1.87. The van der Waals surface area contributed by atoms with Gasteiger partial charge in [-0.3, -0.25) is 9.59 Å². The third-order valence-electron chi connectivity index (χ3n) is 3.99. The molecule has 1 unspecified atom stereocenters. The van der Waals surface area contributed by atoms with E-state index < -0.39 is 0 Å². The van der Waals surface area contributed by atoms with E-state index in [2.05, 4.69) is 16.0 Å². The normalized spacial score (nSPS) is 17.9. The zero-order valence-electron chi connectivity index (χ0n) is 13.6. The van der Waals surface area contributed by atoms with Crippen molar-refractivity contribution in [3.8, 4) is 0 Å². The molecule has 22 heavy (non-hydrogen) atoms. The second-order valence-corrected chi connectivity index (χ2v) is 6.04. The number of nitrogens with one attached hydrogen (secondary N) is 3. The summed E-state index contributed by atoms with van der Waals surface area (Å²) in [5, 5.41) is 8.77. The van der Waals surface area contributed by atoms with Crippen LogP contribution in [0.5, 0.6) is 0 Å². The fourth-order valence-electron chi connectivity index (χ4n) is 2.93. The molecule has 1 atom stereocenters. The van der Waals surface area contributed by atoms with Crippen LogP contribution in [0.3, 0.4) is 0 Å². The van der Waals surface area contributed by atoms with E-state index in [1.165, 1.54) is 5.56 Å². The van der Waals surface area contributed by atoms with Crippen molar-refractivity contribution in [3.05, 3.63) is 28.8 Å². The van der Waals surface area contributed by atoms with E-state index >= 15 is 0 Å². The molecule has 1 fully saturated rings. The summed E-state index contributed by atoms with van der Waals surface area (Å²) in [4.78, 5) is 24.0. The van der Waals surface area contributed by atoms with Gasteiger partial charge in [-0.2, -0.15) is 0 Å². The number of aryl methyl sites for hydroxylation is 3. The number of piperidine rings is 1. The van der Waals surface area contributed by atoms with E-state index in [0.29, 0.717) is 0 Å². The fourth-order valence-corrected chi connectivity index (χ4v) is 2.93. The molecule has 0 bridgehead atoms. The number of rotatable bonds is 4. The van der Waals surface area contributed by atoms with Gasteiger partial charge in [-0.05, 0) is 51.3 Å². The molecule has 1 aliphatic rings. The Bertz CT molecular complexity index is 540. The highest BCUT2D eigenvalue weighted by atomic mass is 16.2. The Kier molecular flexibility index (Phi) is 5.55. The topological polar surface area (TPSA) is 70.2 Å². The molecule has 2 rings (SSSR count). The lowest BCUT2D eigenvalue weighted by Crippen LogP contribution is -2.48. The average Bonchev–Trinajstić information content (AvgIpc) is 2.49. The first kappa shape index (κ1) is 16.5. The molecule has 5 heteroatoms. The van der Waals surface area contributed by atoms with E-state index in [-0.39, 0.29) is 24.4 Å². The van der Waals surface area contributed by atoms with Crippen LogP contribution in [0, 0.1) is 20.8 Å². The van der Waals surface area contributed by atoms with Crippen molar-refractivity contribution in [3.63, 3.8) is 0 Å². The molecule has 1 aromatic carbocycles. The van der Waals surface area contributed by atoms with Gasteiger partial charge in [-0.25, -0.2) is 0 Å². The van der Waals surface area contributed by atoms with Crippen LogP contribution < -0.4 is 16.0 Å². The van der Waals surface area contributed by atoms with Crippen LogP contribution in [0.4, 0.5) is 5.69 Å². The Morgan fingerprint density at radius 2 is 1.86 bits per heavy atom. The summed E-state index contributed by atoms with van der Waals surface area (Å²) >= 11 is 0. The maximum Gasteiger partial charge on any atom is 0.243 e. The van der Waals surface area contributed by atoms with Gasteiger partial charge in [0.1, 0.15) is 0 Å². The van der Waals surface area contributed by atoms with E-state index in [0.717, 1.165) is 42.6 Å². The van der Waals surface area contributed by atoms with Crippen LogP contribution in [0.2, 0.25) is 0 Å². The van der Waals surface area contributed by atoms with Crippen LogP contribution in [-0.2, 0) is 9.59 Å². The smallest absolute Gasteiger partial charge is 0.243 e. The first-order chi connectivity index (χ1) is 10.5. The van der Waals surface area contributed by atoms with Crippen molar-refractivity contribution >= 4 is 17.5 Å². The summed E-state index contributed by atoms with van der Waals surface area (Å²) in [6, 6.07) is 3.91. The molecule has 1 saturated heterocycles. The Labute approximate surface area is 131 Å². The quantitative estimate of drug-likeness (QED) is 0.794. The van der Waals surface area contributed by atoms with E-state index in [1.807, 2.05) is 32.9 Å². The summed E-state index contributed by atoms with van der Waals surface area (Å²) < 4.78 is 0. The van der Waals surface area contributed by atoms with Gasteiger partial charge in [-0.15, -0.1) is 0 Å². The number of benzene rings is 1. The minimum atomic E-state index is -0.195. The molecule has 5 nitrogen and oxygen atoms in total. The predicted molar refractivity (Wildman–Crippen MR) is 87.9 cm³/mol. The van der Waals surface area contributed by atoms with E-state index in [9.17, 15) is 9.59 Å². The van der Waals surface area contributed by atoms with E-state index in [4.69, 9.17) is 0 Å². The largest absolute Gasteiger partial charge is 0.346 e. The van der Waals surface area contributed by atoms with Crippen molar-refractivity contribution in [2.45, 2.75) is 46.1 Å². The highest BCUT2D eigenvalue weighted by Crippen LogP contribution is 2.21. The standard InChI is InChI=1S/C17H25N3O2/c1-11-8-12(2)16(13(3)9-11)20-15(21)10-19-17(22)14-6-4-5-7-18-14/h8-9,14,18H,4-7,10H2,1-3H3,(H,19,22)(H,20,21). The molecular weight excluding hydrogens is 278 g/mol. The summed E-state index contributed by atoms with van der Waals surface area (Å²) in [5.74, 6) is -0.286. The van der Waals surface area contributed by atoms with Gasteiger partial charge in [0, 0.05) is 5.69 Å². The lowest BCUT2D eigenvalue weighted by Gasteiger charge is -2.22. The van der Waals surface area contributed by atoms with Crippen molar-refractivity contribution in [2.75, 3.05) is 18.4 Å². The lowest BCUT2D eigenvalue weighted by molar-refractivity contribution is -0.126. The SMILES string of the molecule is Cc1cc(C)c(NC(=O)CNC(=O)C2CCCCN2)c(C)c1. The van der Waals surface area contributed by atoms with Crippen molar-refractivity contribution in [1.82, 2.24) is 10.6 Å². The summed E-state index contributed by atoms with van der Waals surface area (Å²) in [6.07, 6.45) is 3.00. The number of carbonyl (C=O) groups excluding carboxylic acids is 2. The molecule has 0 aromatic heterocycles. The molecule has 2 amide bonds. The second kappa shape index (κ2) is 7.40. The molecule has 3 N–H and O–H groups in total. The fraction of sp³-hybridized carbons (Fsp3) is 0.529. The lowest BCUT2D eigenvalue weighted by atomic mass is 10.0. The third-order valence-corrected chi connectivity index (χ3v) is 3.99. The second-order valence-electron chi connectivity index (χ2n) is 6.04. The first-order valence-electron chi connectivity index (χ1n) is 7.86. The van der Waals surface area contributed by atoms with Crippen LogP contribution >= 0.6 is 0 Å². The molecule has 0 radical (unpaired) electrons. The number of amides is 2. The van der Waals surface area contributed by atoms with Gasteiger partial charge in [0.25, 0.3) is 0 Å². The summed E-state index contributed by atoms with van der Waals surface area (Å²) in [5.41, 5.74) is 4.07. The molecule has 0 spiro atoms. The highest BCUT2D eigenvalue weighted by Gasteiger charge is 2.20. The molecule has 1 heterocycles. The van der Waals surface area contributed by atoms with Crippen LogP contribution in [-0.4, -0.2) is 30.9 Å². The minimum absolute atomic E-state index is 0.00374. The van der Waals surface area contributed by atoms with Gasteiger partial charge in [0.2, 0.25) is 11.8 Å². The number of hydrogen-bond donors (Lipinski definition) is 3. The van der Waals surface area contributed by atoms with E-state index in [1.54, 1.807) is 0 Å². The third kappa shape index (κ3) is 4.31. The van der Waals surface area contributed by atoms with Gasteiger partial charge in [0.05, 0.1) is 12.6 Å². The van der Waals surface area contributed by atoms with Crippen LogP contribution in [0.1, 0.15) is 36.0 Å². The molecule has 1 aliphatic heterocycles. The molecule has 1 aromatic rings. The van der Waals surface area contributed by atoms with Gasteiger partial charge >= 0.3 is 0 Å².